The Morgan fingerprint density at radius 1 is 1.12 bits per heavy atom. The number of aliphatic carboxylic acids is 2. The van der Waals surface area contributed by atoms with Crippen molar-refractivity contribution in [1.82, 2.24) is 15.1 Å². The molecule has 7 nitrogen and oxygen atoms in total. The van der Waals surface area contributed by atoms with Gasteiger partial charge in [0.05, 0.1) is 34.1 Å². The van der Waals surface area contributed by atoms with Crippen LogP contribution in [0.15, 0.2) is 35.7 Å². The van der Waals surface area contributed by atoms with Crippen LogP contribution < -0.4 is 5.32 Å². The van der Waals surface area contributed by atoms with Crippen LogP contribution in [0.4, 0.5) is 13.2 Å². The molecule has 0 atom stereocenters. The van der Waals surface area contributed by atoms with E-state index in [1.54, 1.807) is 12.1 Å². The van der Waals surface area contributed by atoms with Crippen molar-refractivity contribution in [3.8, 4) is 16.3 Å². The third-order valence-electron chi connectivity index (χ3n) is 4.99. The molecule has 34 heavy (non-hydrogen) atoms. The highest BCUT2D eigenvalue weighted by molar-refractivity contribution is 7.13. The first-order valence-electron chi connectivity index (χ1n) is 10.2. The van der Waals surface area contributed by atoms with E-state index in [-0.39, 0.29) is 12.8 Å². The molecule has 0 radical (unpaired) electrons. The van der Waals surface area contributed by atoms with Gasteiger partial charge in [-0.1, -0.05) is 23.7 Å². The number of aromatic nitrogens is 2. The molecule has 0 spiro atoms. The summed E-state index contributed by atoms with van der Waals surface area (Å²) < 4.78 is 41.3. The lowest BCUT2D eigenvalue weighted by atomic mass is 10.0. The second kappa shape index (κ2) is 11.0. The molecule has 0 fully saturated rings. The topological polar surface area (TPSA) is 104 Å². The van der Waals surface area contributed by atoms with Gasteiger partial charge in [0.15, 0.2) is 5.69 Å². The average Bonchev–Trinajstić information content (AvgIpc) is 3.38. The number of rotatable bonds is 5. The molecular formula is C22H21ClF3N3O4S. The van der Waals surface area contributed by atoms with Crippen LogP contribution in [0.3, 0.4) is 0 Å². The van der Waals surface area contributed by atoms with Crippen molar-refractivity contribution < 1.29 is 33.0 Å². The van der Waals surface area contributed by atoms with E-state index in [0.717, 1.165) is 36.7 Å². The summed E-state index contributed by atoms with van der Waals surface area (Å²) >= 11 is 7.82. The maximum atomic E-state index is 13.3. The second-order valence-electron chi connectivity index (χ2n) is 7.37. The van der Waals surface area contributed by atoms with Crippen molar-refractivity contribution in [2.75, 3.05) is 13.1 Å². The van der Waals surface area contributed by atoms with Gasteiger partial charge in [-0.05, 0) is 60.6 Å². The molecule has 3 N–H and O–H groups in total. The number of nitrogens with zero attached hydrogens (tertiary/aromatic N) is 2. The molecule has 0 amide bonds. The third-order valence-corrected chi connectivity index (χ3v) is 6.19. The minimum absolute atomic E-state index is 0.296. The molecule has 2 aromatic heterocycles. The van der Waals surface area contributed by atoms with E-state index in [2.05, 4.69) is 10.4 Å². The molecule has 182 valence electrons. The Kier molecular flexibility index (Phi) is 8.34. The van der Waals surface area contributed by atoms with Crippen molar-refractivity contribution in [2.45, 2.75) is 31.9 Å². The van der Waals surface area contributed by atoms with E-state index >= 15 is 0 Å². The molecule has 1 aliphatic rings. The van der Waals surface area contributed by atoms with Crippen molar-refractivity contribution in [2.24, 2.45) is 0 Å². The Morgan fingerprint density at radius 3 is 2.38 bits per heavy atom. The fourth-order valence-electron chi connectivity index (χ4n) is 3.46. The van der Waals surface area contributed by atoms with Gasteiger partial charge in [-0.3, -0.25) is 9.59 Å². The molecule has 0 bridgehead atoms. The highest BCUT2D eigenvalue weighted by Gasteiger charge is 2.36. The van der Waals surface area contributed by atoms with Gasteiger partial charge in [-0.25, -0.2) is 4.68 Å². The van der Waals surface area contributed by atoms with Crippen LogP contribution in [0.5, 0.6) is 0 Å². The number of carboxylic acids is 2. The molecule has 1 aromatic carbocycles. The predicted molar refractivity (Wildman–Crippen MR) is 122 cm³/mol. The van der Waals surface area contributed by atoms with E-state index in [9.17, 15) is 22.8 Å². The van der Waals surface area contributed by atoms with Gasteiger partial charge < -0.3 is 15.5 Å². The summed E-state index contributed by atoms with van der Waals surface area (Å²) in [6, 6.07) is 8.38. The fourth-order valence-corrected chi connectivity index (χ4v) is 4.44. The summed E-state index contributed by atoms with van der Waals surface area (Å²) in [6.07, 6.45) is -3.61. The summed E-state index contributed by atoms with van der Waals surface area (Å²) in [7, 11) is 0. The standard InChI is InChI=1S/C18H15ClF3N3S.C4H6O4/c19-13-4-3-11-5-7-23-8-6-12(11)17(13)25-14(15-2-1-9-26-15)10-16(24-25)18(20,21)22;5-3(6)1-2-4(7)8/h1-4,9-10,23H,5-8H2;1-2H2,(H,5,6)(H,7,8). The van der Waals surface area contributed by atoms with Crippen LogP contribution in [0.25, 0.3) is 16.3 Å². The minimum atomic E-state index is -4.52. The van der Waals surface area contributed by atoms with Gasteiger partial charge in [0.25, 0.3) is 0 Å². The number of benzene rings is 1. The number of carboxylic acid groups (broad SMARTS) is 2. The Labute approximate surface area is 201 Å². The van der Waals surface area contributed by atoms with Gasteiger partial charge in [-0.2, -0.15) is 18.3 Å². The molecule has 0 unspecified atom stereocenters. The lowest BCUT2D eigenvalue weighted by molar-refractivity contribution is -0.143. The molecule has 1 aliphatic heterocycles. The molecule has 3 heterocycles. The number of carbonyl (C=O) groups is 2. The first-order valence-corrected chi connectivity index (χ1v) is 11.5. The molecule has 0 saturated carbocycles. The molecule has 3 aromatic rings. The average molecular weight is 516 g/mol. The number of hydrogen-bond acceptors (Lipinski definition) is 5. The first kappa shape index (κ1) is 25.7. The monoisotopic (exact) mass is 515 g/mol. The van der Waals surface area contributed by atoms with Crippen molar-refractivity contribution >= 4 is 34.9 Å². The van der Waals surface area contributed by atoms with Crippen molar-refractivity contribution in [3.63, 3.8) is 0 Å². The number of halogens is 4. The normalized spacial score (nSPS) is 13.4. The fraction of sp³-hybridized carbons (Fsp3) is 0.318. The van der Waals surface area contributed by atoms with Crippen LogP contribution >= 0.6 is 22.9 Å². The molecule has 0 saturated heterocycles. The summed E-state index contributed by atoms with van der Waals surface area (Å²) in [6.45, 7) is 1.58. The smallest absolute Gasteiger partial charge is 0.435 e. The maximum absolute atomic E-state index is 13.3. The number of fused-ring (bicyclic) bond motifs is 1. The number of hydrogen-bond donors (Lipinski definition) is 3. The number of nitrogens with one attached hydrogen (secondary N) is 1. The van der Waals surface area contributed by atoms with E-state index in [1.165, 1.54) is 16.0 Å². The number of thiophene rings is 1. The van der Waals surface area contributed by atoms with Crippen molar-refractivity contribution in [3.05, 3.63) is 57.6 Å². The van der Waals surface area contributed by atoms with Crippen LogP contribution in [0, 0.1) is 0 Å². The summed E-state index contributed by atoms with van der Waals surface area (Å²) in [4.78, 5) is 20.0. The van der Waals surface area contributed by atoms with Crippen molar-refractivity contribution in [1.29, 1.82) is 0 Å². The van der Waals surface area contributed by atoms with Crippen LogP contribution in [0.2, 0.25) is 5.02 Å². The zero-order chi connectivity index (χ0) is 24.9. The summed E-state index contributed by atoms with van der Waals surface area (Å²) in [5, 5.41) is 25.2. The SMILES string of the molecule is FC(F)(F)c1cc(-c2cccs2)n(-c2c(Cl)ccc3c2CCNCC3)n1.O=C(O)CCC(=O)O. The van der Waals surface area contributed by atoms with E-state index < -0.39 is 23.8 Å². The molecule has 12 heteroatoms. The van der Waals surface area contributed by atoms with Crippen LogP contribution in [-0.2, 0) is 28.6 Å². The maximum Gasteiger partial charge on any atom is 0.435 e. The third kappa shape index (κ3) is 6.37. The lowest BCUT2D eigenvalue weighted by Gasteiger charge is -2.16. The van der Waals surface area contributed by atoms with Gasteiger partial charge in [0.2, 0.25) is 0 Å². The number of alkyl halides is 3. The Bertz CT molecular complexity index is 1150. The predicted octanol–water partition coefficient (Wildman–Crippen LogP) is 4.90. The largest absolute Gasteiger partial charge is 0.481 e. The molecule has 4 rings (SSSR count). The van der Waals surface area contributed by atoms with Gasteiger partial charge in [0, 0.05) is 0 Å². The Hall–Kier alpha value is -2.89. The lowest BCUT2D eigenvalue weighted by Crippen LogP contribution is -2.16. The van der Waals surface area contributed by atoms with E-state index in [0.29, 0.717) is 27.7 Å². The summed E-state index contributed by atoms with van der Waals surface area (Å²) in [5.41, 5.74) is 2.08. The highest BCUT2D eigenvalue weighted by Crippen LogP contribution is 2.38. The summed E-state index contributed by atoms with van der Waals surface area (Å²) in [5.74, 6) is -2.15. The zero-order valence-corrected chi connectivity index (χ0v) is 19.3. The van der Waals surface area contributed by atoms with Gasteiger partial charge in [0.1, 0.15) is 0 Å². The minimum Gasteiger partial charge on any atom is -0.481 e. The Morgan fingerprint density at radius 2 is 1.79 bits per heavy atom. The second-order valence-corrected chi connectivity index (χ2v) is 8.73. The molecule has 0 aliphatic carbocycles. The van der Waals surface area contributed by atoms with Crippen LogP contribution in [0.1, 0.15) is 29.7 Å². The quantitative estimate of drug-likeness (QED) is 0.446. The van der Waals surface area contributed by atoms with Gasteiger partial charge in [-0.15, -0.1) is 11.3 Å². The molecular weight excluding hydrogens is 495 g/mol. The highest BCUT2D eigenvalue weighted by atomic mass is 35.5. The zero-order valence-electron chi connectivity index (χ0n) is 17.7. The Balaban J connectivity index is 0.000000350. The van der Waals surface area contributed by atoms with E-state index in [1.807, 2.05) is 17.5 Å². The van der Waals surface area contributed by atoms with Crippen LogP contribution in [-0.4, -0.2) is 45.0 Å². The van der Waals surface area contributed by atoms with E-state index in [4.69, 9.17) is 21.8 Å². The van der Waals surface area contributed by atoms with Gasteiger partial charge >= 0.3 is 18.1 Å². The first-order chi connectivity index (χ1) is 16.1.